The molecule has 1 aromatic carbocycles. The fraction of sp³-hybridized carbons (Fsp3) is 0.533. The molecule has 0 aliphatic carbocycles. The van der Waals surface area contributed by atoms with Crippen LogP contribution in [-0.2, 0) is 10.3 Å². The number of amides is 1. The van der Waals surface area contributed by atoms with Gasteiger partial charge in [0.2, 0.25) is 5.91 Å². The van der Waals surface area contributed by atoms with E-state index in [1.807, 2.05) is 26.0 Å². The monoisotopic (exact) mass is 350 g/mol. The van der Waals surface area contributed by atoms with Gasteiger partial charge in [-0.3, -0.25) is 4.79 Å². The maximum absolute atomic E-state index is 12.3. The quantitative estimate of drug-likeness (QED) is 0.870. The predicted molar refractivity (Wildman–Crippen MR) is 90.5 cm³/mol. The molecule has 21 heavy (non-hydrogen) atoms. The van der Waals surface area contributed by atoms with E-state index in [9.17, 15) is 4.79 Å². The average molecular weight is 352 g/mol. The molecule has 6 heteroatoms. The van der Waals surface area contributed by atoms with E-state index in [0.717, 1.165) is 31.5 Å². The minimum Gasteiger partial charge on any atom is -0.347 e. The normalized spacial score (nSPS) is 16.2. The van der Waals surface area contributed by atoms with Crippen molar-refractivity contribution in [1.29, 1.82) is 0 Å². The van der Waals surface area contributed by atoms with Gasteiger partial charge >= 0.3 is 0 Å². The van der Waals surface area contributed by atoms with Crippen LogP contribution in [0.1, 0.15) is 32.3 Å². The molecule has 2 N–H and O–H groups in total. The third-order valence-electron chi connectivity index (χ3n) is 3.79. The molecule has 2 rings (SSSR count). The highest BCUT2D eigenvalue weighted by atomic mass is 35.5. The molecule has 0 bridgehead atoms. The SMILES string of the molecule is CC(C)(NC(=O)C1CCNCC1)c1ccc(Cl)c(Cl)c1.Cl. The number of hydrogen-bond donors (Lipinski definition) is 2. The summed E-state index contributed by atoms with van der Waals surface area (Å²) in [6, 6.07) is 5.47. The summed E-state index contributed by atoms with van der Waals surface area (Å²) < 4.78 is 0. The van der Waals surface area contributed by atoms with Crippen molar-refractivity contribution in [3.8, 4) is 0 Å². The lowest BCUT2D eigenvalue weighted by Gasteiger charge is -2.31. The molecular formula is C15H21Cl3N2O. The van der Waals surface area contributed by atoms with Gasteiger partial charge in [-0.25, -0.2) is 0 Å². The Hall–Kier alpha value is -0.480. The first kappa shape index (κ1) is 18.6. The average Bonchev–Trinajstić information content (AvgIpc) is 2.42. The Labute approximate surface area is 142 Å². The maximum Gasteiger partial charge on any atom is 0.223 e. The molecule has 118 valence electrons. The lowest BCUT2D eigenvalue weighted by Crippen LogP contribution is -2.46. The zero-order valence-electron chi connectivity index (χ0n) is 12.2. The molecule has 1 heterocycles. The molecule has 1 amide bonds. The first-order valence-electron chi connectivity index (χ1n) is 6.88. The molecule has 0 spiro atoms. The number of benzene rings is 1. The number of piperidine rings is 1. The van der Waals surface area contributed by atoms with Crippen LogP contribution in [0.25, 0.3) is 0 Å². The number of nitrogens with one attached hydrogen (secondary N) is 2. The van der Waals surface area contributed by atoms with Crippen molar-refractivity contribution >= 4 is 41.5 Å². The Morgan fingerprint density at radius 2 is 1.86 bits per heavy atom. The van der Waals surface area contributed by atoms with Crippen molar-refractivity contribution in [3.05, 3.63) is 33.8 Å². The molecule has 0 atom stereocenters. The Bertz CT molecular complexity index is 500. The van der Waals surface area contributed by atoms with E-state index in [2.05, 4.69) is 10.6 Å². The van der Waals surface area contributed by atoms with Gasteiger partial charge in [0.25, 0.3) is 0 Å². The summed E-state index contributed by atoms with van der Waals surface area (Å²) >= 11 is 12.0. The first-order chi connectivity index (χ1) is 9.40. The number of carbonyl (C=O) groups is 1. The van der Waals surface area contributed by atoms with Gasteiger partial charge in [0.1, 0.15) is 0 Å². The van der Waals surface area contributed by atoms with Crippen molar-refractivity contribution < 1.29 is 4.79 Å². The summed E-state index contributed by atoms with van der Waals surface area (Å²) in [7, 11) is 0. The third kappa shape index (κ3) is 4.75. The lowest BCUT2D eigenvalue weighted by molar-refractivity contribution is -0.127. The molecule has 1 fully saturated rings. The van der Waals surface area contributed by atoms with Crippen molar-refractivity contribution in [3.63, 3.8) is 0 Å². The van der Waals surface area contributed by atoms with Crippen LogP contribution in [-0.4, -0.2) is 19.0 Å². The van der Waals surface area contributed by atoms with E-state index >= 15 is 0 Å². The standard InChI is InChI=1S/C15H20Cl2N2O.ClH/c1-15(2,11-3-4-12(16)13(17)9-11)19-14(20)10-5-7-18-8-6-10;/h3-4,9-10,18H,5-8H2,1-2H3,(H,19,20);1H. The topological polar surface area (TPSA) is 41.1 Å². The number of carbonyl (C=O) groups excluding carboxylic acids is 1. The maximum atomic E-state index is 12.3. The zero-order chi connectivity index (χ0) is 14.8. The van der Waals surface area contributed by atoms with Gasteiger partial charge in [0, 0.05) is 5.92 Å². The first-order valence-corrected chi connectivity index (χ1v) is 7.64. The highest BCUT2D eigenvalue weighted by Gasteiger charge is 2.28. The van der Waals surface area contributed by atoms with Gasteiger partial charge in [0.05, 0.1) is 15.6 Å². The lowest BCUT2D eigenvalue weighted by atomic mass is 9.91. The molecule has 1 aromatic rings. The fourth-order valence-electron chi connectivity index (χ4n) is 2.45. The van der Waals surface area contributed by atoms with Gasteiger partial charge in [-0.2, -0.15) is 0 Å². The minimum absolute atomic E-state index is 0. The van der Waals surface area contributed by atoms with Gasteiger partial charge in [0.15, 0.2) is 0 Å². The second-order valence-corrected chi connectivity index (χ2v) is 6.58. The van der Waals surface area contributed by atoms with Gasteiger partial charge in [-0.05, 0) is 57.5 Å². The van der Waals surface area contributed by atoms with Crippen LogP contribution < -0.4 is 10.6 Å². The van der Waals surface area contributed by atoms with E-state index < -0.39 is 5.54 Å². The van der Waals surface area contributed by atoms with Gasteiger partial charge < -0.3 is 10.6 Å². The summed E-state index contributed by atoms with van der Waals surface area (Å²) in [4.78, 5) is 12.3. The molecule has 1 saturated heterocycles. The Balaban J connectivity index is 0.00000220. The second kappa shape index (κ2) is 7.68. The molecule has 0 unspecified atom stereocenters. The van der Waals surface area contributed by atoms with Crippen molar-refractivity contribution in [2.75, 3.05) is 13.1 Å². The highest BCUT2D eigenvalue weighted by molar-refractivity contribution is 6.42. The second-order valence-electron chi connectivity index (χ2n) is 5.77. The summed E-state index contributed by atoms with van der Waals surface area (Å²) in [6.07, 6.45) is 1.78. The van der Waals surface area contributed by atoms with Crippen LogP contribution >= 0.6 is 35.6 Å². The van der Waals surface area contributed by atoms with E-state index in [0.29, 0.717) is 10.0 Å². The summed E-state index contributed by atoms with van der Waals surface area (Å²) in [6.45, 7) is 5.77. The Morgan fingerprint density at radius 1 is 1.24 bits per heavy atom. The van der Waals surface area contributed by atoms with E-state index in [1.54, 1.807) is 6.07 Å². The third-order valence-corrected chi connectivity index (χ3v) is 4.53. The smallest absolute Gasteiger partial charge is 0.223 e. The van der Waals surface area contributed by atoms with Crippen LogP contribution in [0.2, 0.25) is 10.0 Å². The summed E-state index contributed by atoms with van der Waals surface area (Å²) in [5.41, 5.74) is 0.491. The number of hydrogen-bond acceptors (Lipinski definition) is 2. The van der Waals surface area contributed by atoms with Crippen molar-refractivity contribution in [1.82, 2.24) is 10.6 Å². The summed E-state index contributed by atoms with van der Waals surface area (Å²) in [5, 5.41) is 7.42. The molecule has 0 saturated carbocycles. The largest absolute Gasteiger partial charge is 0.347 e. The van der Waals surface area contributed by atoms with Crippen LogP contribution in [0.3, 0.4) is 0 Å². The van der Waals surface area contributed by atoms with Crippen LogP contribution in [0.5, 0.6) is 0 Å². The molecule has 1 aliphatic rings. The van der Waals surface area contributed by atoms with Crippen LogP contribution in [0, 0.1) is 5.92 Å². The van der Waals surface area contributed by atoms with E-state index in [4.69, 9.17) is 23.2 Å². The highest BCUT2D eigenvalue weighted by Crippen LogP contribution is 2.29. The number of rotatable bonds is 3. The van der Waals surface area contributed by atoms with E-state index in [-0.39, 0.29) is 24.2 Å². The van der Waals surface area contributed by atoms with E-state index in [1.165, 1.54) is 0 Å². The zero-order valence-corrected chi connectivity index (χ0v) is 14.5. The molecule has 1 aliphatic heterocycles. The fourth-order valence-corrected chi connectivity index (χ4v) is 2.75. The minimum atomic E-state index is -0.462. The molecular weight excluding hydrogens is 331 g/mol. The Kier molecular flexibility index (Phi) is 6.79. The van der Waals surface area contributed by atoms with Crippen molar-refractivity contribution in [2.45, 2.75) is 32.2 Å². The predicted octanol–water partition coefficient (Wildman–Crippen LogP) is 3.77. The van der Waals surface area contributed by atoms with Gasteiger partial charge in [-0.1, -0.05) is 29.3 Å². The van der Waals surface area contributed by atoms with Crippen molar-refractivity contribution in [2.24, 2.45) is 5.92 Å². The summed E-state index contributed by atoms with van der Waals surface area (Å²) in [5.74, 6) is 0.209. The van der Waals surface area contributed by atoms with Crippen LogP contribution in [0.4, 0.5) is 0 Å². The molecule has 0 radical (unpaired) electrons. The van der Waals surface area contributed by atoms with Crippen LogP contribution in [0.15, 0.2) is 18.2 Å². The number of halogens is 3. The van der Waals surface area contributed by atoms with Gasteiger partial charge in [-0.15, -0.1) is 12.4 Å². The Morgan fingerprint density at radius 3 is 2.43 bits per heavy atom. The molecule has 3 nitrogen and oxygen atoms in total. The molecule has 0 aromatic heterocycles.